The van der Waals surface area contributed by atoms with Gasteiger partial charge in [0.1, 0.15) is 5.82 Å². The van der Waals surface area contributed by atoms with E-state index >= 15 is 0 Å². The Morgan fingerprint density at radius 1 is 1.44 bits per heavy atom. The van der Waals surface area contributed by atoms with Crippen LogP contribution in [0.25, 0.3) is 0 Å². The van der Waals surface area contributed by atoms with Crippen LogP contribution in [-0.2, 0) is 11.3 Å². The zero-order valence-corrected chi connectivity index (χ0v) is 11.6. The lowest BCUT2D eigenvalue weighted by Gasteiger charge is -2.06. The van der Waals surface area contributed by atoms with E-state index in [2.05, 4.69) is 26.6 Å². The number of carbonyl (C=O) groups excluding carboxylic acids is 1. The average Bonchev–Trinajstić information content (AvgIpc) is 3.13. The number of nitrogens with one attached hydrogen (secondary N) is 2. The Bertz CT molecular complexity index is 435. The van der Waals surface area contributed by atoms with E-state index in [1.165, 1.54) is 6.07 Å². The topological polar surface area (TPSA) is 41.1 Å². The Morgan fingerprint density at radius 2 is 2.22 bits per heavy atom. The van der Waals surface area contributed by atoms with Gasteiger partial charge in [0.2, 0.25) is 5.91 Å². The van der Waals surface area contributed by atoms with Crippen LogP contribution in [0.5, 0.6) is 0 Å². The molecule has 0 heterocycles. The lowest BCUT2D eigenvalue weighted by atomic mass is 10.2. The van der Waals surface area contributed by atoms with Crippen LogP contribution in [-0.4, -0.2) is 18.5 Å². The molecule has 1 amide bonds. The first kappa shape index (κ1) is 13.5. The van der Waals surface area contributed by atoms with Gasteiger partial charge in [0.15, 0.2) is 0 Å². The van der Waals surface area contributed by atoms with Crippen molar-refractivity contribution < 1.29 is 9.18 Å². The molecule has 0 saturated heterocycles. The van der Waals surface area contributed by atoms with Crippen molar-refractivity contribution >= 4 is 21.8 Å². The quantitative estimate of drug-likeness (QED) is 0.791. The van der Waals surface area contributed by atoms with E-state index < -0.39 is 0 Å². The molecular weight excluding hydrogens is 299 g/mol. The van der Waals surface area contributed by atoms with Crippen molar-refractivity contribution in [2.45, 2.75) is 31.8 Å². The lowest BCUT2D eigenvalue weighted by Crippen LogP contribution is -2.29. The molecule has 0 aliphatic heterocycles. The van der Waals surface area contributed by atoms with E-state index in [4.69, 9.17) is 0 Å². The van der Waals surface area contributed by atoms with Crippen molar-refractivity contribution in [1.29, 1.82) is 0 Å². The number of rotatable bonds is 6. The minimum Gasteiger partial charge on any atom is -0.353 e. The molecule has 0 bridgehead atoms. The van der Waals surface area contributed by atoms with Gasteiger partial charge in [-0.1, -0.05) is 6.07 Å². The van der Waals surface area contributed by atoms with Gasteiger partial charge in [-0.05, 0) is 46.5 Å². The highest BCUT2D eigenvalue weighted by molar-refractivity contribution is 9.10. The van der Waals surface area contributed by atoms with Gasteiger partial charge in [-0.2, -0.15) is 0 Å². The summed E-state index contributed by atoms with van der Waals surface area (Å²) in [7, 11) is 0. The third kappa shape index (κ3) is 4.38. The summed E-state index contributed by atoms with van der Waals surface area (Å²) < 4.78 is 13.7. The molecule has 2 rings (SSSR count). The Labute approximate surface area is 114 Å². The largest absolute Gasteiger partial charge is 0.353 e. The molecule has 5 heteroatoms. The number of carbonyl (C=O) groups is 1. The van der Waals surface area contributed by atoms with Gasteiger partial charge in [0, 0.05) is 25.6 Å². The molecule has 0 spiro atoms. The second-order valence-electron chi connectivity index (χ2n) is 4.52. The highest BCUT2D eigenvalue weighted by Crippen LogP contribution is 2.18. The summed E-state index contributed by atoms with van der Waals surface area (Å²) in [4.78, 5) is 11.4. The van der Waals surface area contributed by atoms with Crippen LogP contribution in [0.1, 0.15) is 24.8 Å². The van der Waals surface area contributed by atoms with E-state index in [1.807, 2.05) is 6.07 Å². The van der Waals surface area contributed by atoms with Crippen LogP contribution < -0.4 is 10.6 Å². The van der Waals surface area contributed by atoms with Crippen molar-refractivity contribution in [2.24, 2.45) is 0 Å². The minimum atomic E-state index is -0.263. The maximum absolute atomic E-state index is 13.2. The molecule has 3 nitrogen and oxygen atoms in total. The summed E-state index contributed by atoms with van der Waals surface area (Å²) >= 11 is 3.11. The molecule has 0 aromatic heterocycles. The molecule has 1 aromatic rings. The Balaban J connectivity index is 1.64. The van der Waals surface area contributed by atoms with Crippen LogP contribution >= 0.6 is 15.9 Å². The smallest absolute Gasteiger partial charge is 0.221 e. The van der Waals surface area contributed by atoms with Crippen LogP contribution in [0.4, 0.5) is 4.39 Å². The molecule has 0 radical (unpaired) electrons. The zero-order chi connectivity index (χ0) is 13.0. The molecule has 1 aliphatic rings. The van der Waals surface area contributed by atoms with Crippen LogP contribution in [0.2, 0.25) is 0 Å². The lowest BCUT2D eigenvalue weighted by molar-refractivity contribution is -0.121. The summed E-state index contributed by atoms with van der Waals surface area (Å²) in [6.45, 7) is 1.18. The predicted molar refractivity (Wildman–Crippen MR) is 71.6 cm³/mol. The number of halogens is 2. The van der Waals surface area contributed by atoms with Crippen LogP contribution in [0.15, 0.2) is 22.7 Å². The summed E-state index contributed by atoms with van der Waals surface area (Å²) in [5.41, 5.74) is 0.873. The van der Waals surface area contributed by atoms with Gasteiger partial charge < -0.3 is 10.6 Å². The molecule has 1 fully saturated rings. The van der Waals surface area contributed by atoms with Gasteiger partial charge in [-0.3, -0.25) is 4.79 Å². The van der Waals surface area contributed by atoms with E-state index in [-0.39, 0.29) is 11.7 Å². The highest BCUT2D eigenvalue weighted by atomic mass is 79.9. The van der Waals surface area contributed by atoms with Gasteiger partial charge >= 0.3 is 0 Å². The van der Waals surface area contributed by atoms with E-state index in [0.29, 0.717) is 30.0 Å². The fraction of sp³-hybridized carbons (Fsp3) is 0.462. The third-order valence-corrected chi connectivity index (χ3v) is 3.43. The average molecular weight is 315 g/mol. The first-order valence-electron chi connectivity index (χ1n) is 6.09. The van der Waals surface area contributed by atoms with Crippen molar-refractivity contribution in [2.75, 3.05) is 6.54 Å². The zero-order valence-electron chi connectivity index (χ0n) is 10.0. The Morgan fingerprint density at radius 3 is 2.89 bits per heavy atom. The molecule has 1 aromatic carbocycles. The third-order valence-electron chi connectivity index (χ3n) is 2.78. The van der Waals surface area contributed by atoms with E-state index in [0.717, 1.165) is 18.4 Å². The van der Waals surface area contributed by atoms with Crippen molar-refractivity contribution in [3.05, 3.63) is 34.1 Å². The summed E-state index contributed by atoms with van der Waals surface area (Å²) in [5.74, 6) is -0.173. The monoisotopic (exact) mass is 314 g/mol. The highest BCUT2D eigenvalue weighted by Gasteiger charge is 2.22. The summed E-state index contributed by atoms with van der Waals surface area (Å²) in [6.07, 6.45) is 2.68. The van der Waals surface area contributed by atoms with Crippen LogP contribution in [0, 0.1) is 5.82 Å². The molecule has 1 saturated carbocycles. The van der Waals surface area contributed by atoms with Crippen LogP contribution in [0.3, 0.4) is 0 Å². The second kappa shape index (κ2) is 6.29. The number of amides is 1. The normalized spacial score (nSPS) is 14.6. The minimum absolute atomic E-state index is 0.0898. The Kier molecular flexibility index (Phi) is 4.72. The van der Waals surface area contributed by atoms with Crippen molar-refractivity contribution in [1.82, 2.24) is 10.6 Å². The van der Waals surface area contributed by atoms with E-state index in [9.17, 15) is 9.18 Å². The number of hydrogen-bond donors (Lipinski definition) is 2. The molecule has 0 atom stereocenters. The molecule has 0 unspecified atom stereocenters. The van der Waals surface area contributed by atoms with E-state index in [1.54, 1.807) is 6.07 Å². The standard InChI is InChI=1S/C13H16BrFN2O/c14-11-4-1-9(7-12(11)15)8-16-6-5-13(18)17-10-2-3-10/h1,4,7,10,16H,2-3,5-6,8H2,(H,17,18). The van der Waals surface area contributed by atoms with Gasteiger partial charge in [0.05, 0.1) is 4.47 Å². The van der Waals surface area contributed by atoms with Gasteiger partial charge in [-0.25, -0.2) is 4.39 Å². The summed E-state index contributed by atoms with van der Waals surface area (Å²) in [5, 5.41) is 6.05. The predicted octanol–water partition coefficient (Wildman–Crippen LogP) is 2.35. The number of hydrogen-bond acceptors (Lipinski definition) is 2. The maximum atomic E-state index is 13.2. The Hall–Kier alpha value is -0.940. The molecule has 2 N–H and O–H groups in total. The fourth-order valence-corrected chi connectivity index (χ4v) is 1.86. The van der Waals surface area contributed by atoms with Gasteiger partial charge in [-0.15, -0.1) is 0 Å². The first-order chi connectivity index (χ1) is 8.65. The molecular formula is C13H16BrFN2O. The molecule has 98 valence electrons. The number of benzene rings is 1. The molecule has 18 heavy (non-hydrogen) atoms. The second-order valence-corrected chi connectivity index (χ2v) is 5.37. The summed E-state index contributed by atoms with van der Waals surface area (Å²) in [6, 6.07) is 5.44. The van der Waals surface area contributed by atoms with Crippen molar-refractivity contribution in [3.8, 4) is 0 Å². The van der Waals surface area contributed by atoms with Crippen molar-refractivity contribution in [3.63, 3.8) is 0 Å². The molecule has 1 aliphatic carbocycles. The SMILES string of the molecule is O=C(CCNCc1ccc(Br)c(F)c1)NC1CC1. The van der Waals surface area contributed by atoms with Gasteiger partial charge in [0.25, 0.3) is 0 Å². The fourth-order valence-electron chi connectivity index (χ4n) is 1.61. The first-order valence-corrected chi connectivity index (χ1v) is 6.88. The maximum Gasteiger partial charge on any atom is 0.221 e.